The monoisotopic (exact) mass is 253 g/mol. The second-order valence-electron chi connectivity index (χ2n) is 3.97. The van der Waals surface area contributed by atoms with Crippen molar-refractivity contribution in [2.75, 3.05) is 24.2 Å². The molecular weight excluding hydrogens is 238 g/mol. The zero-order valence-corrected chi connectivity index (χ0v) is 10.5. The summed E-state index contributed by atoms with van der Waals surface area (Å²) in [5, 5.41) is 12.1. The second-order valence-corrected chi connectivity index (χ2v) is 3.97. The Kier molecular flexibility index (Phi) is 4.25. The fraction of sp³-hybridized carbons (Fsp3) is 0.133. The first-order valence-electron chi connectivity index (χ1n) is 6.01. The summed E-state index contributed by atoms with van der Waals surface area (Å²) < 4.78 is 5.56. The number of nitrogens with two attached hydrogens (primary N) is 1. The molecule has 0 aromatic heterocycles. The van der Waals surface area contributed by atoms with E-state index in [0.717, 1.165) is 5.69 Å². The summed E-state index contributed by atoms with van der Waals surface area (Å²) in [6.45, 7) is 1.08. The third-order valence-corrected chi connectivity index (χ3v) is 2.64. The Hall–Kier alpha value is -2.67. The minimum Gasteiger partial charge on any atom is -0.490 e. The molecule has 4 heteroatoms. The fourth-order valence-corrected chi connectivity index (χ4v) is 1.69. The number of hydrogen-bond acceptors (Lipinski definition) is 4. The lowest BCUT2D eigenvalue weighted by molar-refractivity contribution is 0.334. The summed E-state index contributed by atoms with van der Waals surface area (Å²) in [6.07, 6.45) is 0. The molecule has 0 saturated carbocycles. The zero-order valence-electron chi connectivity index (χ0n) is 10.5. The number of nitrogen functional groups attached to an aromatic ring is 1. The summed E-state index contributed by atoms with van der Waals surface area (Å²) in [5.41, 5.74) is 7.84. The molecule has 19 heavy (non-hydrogen) atoms. The van der Waals surface area contributed by atoms with Crippen LogP contribution in [-0.4, -0.2) is 13.2 Å². The molecule has 0 fully saturated rings. The Bertz CT molecular complexity index is 590. The molecule has 0 bridgehead atoms. The Balaban J connectivity index is 1.85. The van der Waals surface area contributed by atoms with Gasteiger partial charge in [0.2, 0.25) is 0 Å². The maximum Gasteiger partial charge on any atom is 0.142 e. The quantitative estimate of drug-likeness (QED) is 0.634. The third-order valence-electron chi connectivity index (χ3n) is 2.64. The van der Waals surface area contributed by atoms with Crippen LogP contribution in [0.2, 0.25) is 0 Å². The largest absolute Gasteiger partial charge is 0.490 e. The van der Waals surface area contributed by atoms with Crippen molar-refractivity contribution in [1.82, 2.24) is 0 Å². The molecule has 0 unspecified atom stereocenters. The van der Waals surface area contributed by atoms with E-state index >= 15 is 0 Å². The van der Waals surface area contributed by atoms with Crippen molar-refractivity contribution < 1.29 is 4.74 Å². The number of hydrogen-bond donors (Lipinski definition) is 2. The van der Waals surface area contributed by atoms with Gasteiger partial charge < -0.3 is 15.8 Å². The summed E-state index contributed by atoms with van der Waals surface area (Å²) in [5.74, 6) is 0.679. The van der Waals surface area contributed by atoms with Crippen LogP contribution in [0, 0.1) is 11.3 Å². The second kappa shape index (κ2) is 6.31. The minimum absolute atomic E-state index is 0.480. The number of ether oxygens (including phenoxy) is 1. The summed E-state index contributed by atoms with van der Waals surface area (Å²) in [7, 11) is 0. The van der Waals surface area contributed by atoms with Gasteiger partial charge in [-0.3, -0.25) is 0 Å². The molecule has 0 atom stereocenters. The standard InChI is InChI=1S/C15H15N3O/c16-11-12-5-1-3-7-14(12)18-9-10-19-15-8-4-2-6-13(15)17/h1-8,18H,9-10,17H2. The topological polar surface area (TPSA) is 71.1 Å². The van der Waals surface area contributed by atoms with Crippen LogP contribution >= 0.6 is 0 Å². The summed E-state index contributed by atoms with van der Waals surface area (Å²) >= 11 is 0. The smallest absolute Gasteiger partial charge is 0.142 e. The minimum atomic E-state index is 0.480. The molecule has 0 aliphatic carbocycles. The molecule has 0 saturated heterocycles. The summed E-state index contributed by atoms with van der Waals surface area (Å²) in [6, 6.07) is 16.9. The molecular formula is C15H15N3O. The van der Waals surface area contributed by atoms with E-state index in [-0.39, 0.29) is 0 Å². The van der Waals surface area contributed by atoms with Crippen molar-refractivity contribution >= 4 is 11.4 Å². The van der Waals surface area contributed by atoms with Gasteiger partial charge in [-0.05, 0) is 24.3 Å². The van der Waals surface area contributed by atoms with Crippen LogP contribution < -0.4 is 15.8 Å². The number of para-hydroxylation sites is 3. The number of rotatable bonds is 5. The van der Waals surface area contributed by atoms with E-state index < -0.39 is 0 Å². The Labute approximate surface area is 112 Å². The third kappa shape index (κ3) is 3.39. The highest BCUT2D eigenvalue weighted by Gasteiger charge is 2.00. The Morgan fingerprint density at radius 1 is 1.11 bits per heavy atom. The average Bonchev–Trinajstić information content (AvgIpc) is 2.45. The molecule has 0 aliphatic rings. The van der Waals surface area contributed by atoms with Crippen LogP contribution in [0.5, 0.6) is 5.75 Å². The van der Waals surface area contributed by atoms with Crippen LogP contribution in [0.15, 0.2) is 48.5 Å². The molecule has 0 radical (unpaired) electrons. The lowest BCUT2D eigenvalue weighted by Crippen LogP contribution is -2.12. The fourth-order valence-electron chi connectivity index (χ4n) is 1.69. The molecule has 0 aliphatic heterocycles. The van der Waals surface area contributed by atoms with Gasteiger partial charge in [-0.25, -0.2) is 0 Å². The van der Waals surface area contributed by atoms with E-state index in [9.17, 15) is 0 Å². The van der Waals surface area contributed by atoms with Crippen molar-refractivity contribution in [2.45, 2.75) is 0 Å². The molecule has 4 nitrogen and oxygen atoms in total. The highest BCUT2D eigenvalue weighted by atomic mass is 16.5. The Morgan fingerprint density at radius 2 is 1.84 bits per heavy atom. The van der Waals surface area contributed by atoms with Crippen molar-refractivity contribution in [1.29, 1.82) is 5.26 Å². The molecule has 0 heterocycles. The van der Waals surface area contributed by atoms with Crippen LogP contribution in [-0.2, 0) is 0 Å². The van der Waals surface area contributed by atoms with E-state index in [1.54, 1.807) is 12.1 Å². The van der Waals surface area contributed by atoms with Gasteiger partial charge in [-0.1, -0.05) is 24.3 Å². The molecule has 0 amide bonds. The van der Waals surface area contributed by atoms with Gasteiger partial charge in [-0.15, -0.1) is 0 Å². The van der Waals surface area contributed by atoms with Crippen LogP contribution in [0.3, 0.4) is 0 Å². The maximum atomic E-state index is 8.95. The molecule has 2 aromatic rings. The van der Waals surface area contributed by atoms with Crippen LogP contribution in [0.4, 0.5) is 11.4 Å². The maximum absolute atomic E-state index is 8.95. The van der Waals surface area contributed by atoms with E-state index in [2.05, 4.69) is 11.4 Å². The first-order chi connectivity index (χ1) is 9.31. The SMILES string of the molecule is N#Cc1ccccc1NCCOc1ccccc1N. The van der Waals surface area contributed by atoms with Gasteiger partial charge in [0, 0.05) is 6.54 Å². The van der Waals surface area contributed by atoms with E-state index in [4.69, 9.17) is 15.7 Å². The van der Waals surface area contributed by atoms with Crippen LogP contribution in [0.1, 0.15) is 5.56 Å². The van der Waals surface area contributed by atoms with E-state index in [1.807, 2.05) is 36.4 Å². The predicted octanol–water partition coefficient (Wildman–Crippen LogP) is 2.63. The average molecular weight is 253 g/mol. The van der Waals surface area contributed by atoms with E-state index in [1.165, 1.54) is 0 Å². The Morgan fingerprint density at radius 3 is 2.63 bits per heavy atom. The number of anilines is 2. The molecule has 2 aromatic carbocycles. The molecule has 3 N–H and O–H groups in total. The van der Waals surface area contributed by atoms with Gasteiger partial charge in [0.1, 0.15) is 18.4 Å². The number of nitrogens with zero attached hydrogens (tertiary/aromatic N) is 1. The van der Waals surface area contributed by atoms with Gasteiger partial charge in [0.15, 0.2) is 0 Å². The van der Waals surface area contributed by atoms with Gasteiger partial charge in [-0.2, -0.15) is 5.26 Å². The first-order valence-corrected chi connectivity index (χ1v) is 6.01. The highest BCUT2D eigenvalue weighted by Crippen LogP contribution is 2.19. The van der Waals surface area contributed by atoms with E-state index in [0.29, 0.717) is 30.2 Å². The van der Waals surface area contributed by atoms with Gasteiger partial charge in [0.25, 0.3) is 0 Å². The summed E-state index contributed by atoms with van der Waals surface area (Å²) in [4.78, 5) is 0. The normalized spacial score (nSPS) is 9.63. The molecule has 0 spiro atoms. The van der Waals surface area contributed by atoms with Crippen molar-refractivity contribution in [3.05, 3.63) is 54.1 Å². The zero-order chi connectivity index (χ0) is 13.5. The lowest BCUT2D eigenvalue weighted by atomic mass is 10.2. The highest BCUT2D eigenvalue weighted by molar-refractivity contribution is 5.57. The van der Waals surface area contributed by atoms with Crippen molar-refractivity contribution in [3.63, 3.8) is 0 Å². The number of nitriles is 1. The van der Waals surface area contributed by atoms with Crippen LogP contribution in [0.25, 0.3) is 0 Å². The molecule has 2 rings (SSSR count). The van der Waals surface area contributed by atoms with Crippen molar-refractivity contribution in [3.8, 4) is 11.8 Å². The van der Waals surface area contributed by atoms with Gasteiger partial charge >= 0.3 is 0 Å². The number of benzene rings is 2. The lowest BCUT2D eigenvalue weighted by Gasteiger charge is -2.10. The predicted molar refractivity (Wildman–Crippen MR) is 76.0 cm³/mol. The van der Waals surface area contributed by atoms with Gasteiger partial charge in [0.05, 0.1) is 16.9 Å². The number of nitrogens with one attached hydrogen (secondary N) is 1. The van der Waals surface area contributed by atoms with Crippen molar-refractivity contribution in [2.24, 2.45) is 0 Å². The molecule has 96 valence electrons. The first kappa shape index (κ1) is 12.8.